The third-order valence-corrected chi connectivity index (χ3v) is 6.18. The third-order valence-electron chi connectivity index (χ3n) is 6.18. The van der Waals surface area contributed by atoms with Crippen LogP contribution < -0.4 is 5.32 Å². The maximum Gasteiger partial charge on any atom is 0.138 e. The molecule has 1 atom stereocenters. The van der Waals surface area contributed by atoms with Crippen LogP contribution >= 0.6 is 0 Å². The van der Waals surface area contributed by atoms with Crippen LogP contribution in [0.1, 0.15) is 36.9 Å². The van der Waals surface area contributed by atoms with E-state index in [2.05, 4.69) is 43.9 Å². The molecule has 2 aliphatic heterocycles. The summed E-state index contributed by atoms with van der Waals surface area (Å²) >= 11 is 0. The molecule has 0 bridgehead atoms. The van der Waals surface area contributed by atoms with E-state index in [0.29, 0.717) is 5.92 Å². The molecule has 6 rings (SSSR count). The van der Waals surface area contributed by atoms with E-state index in [1.807, 2.05) is 12.4 Å². The standard InChI is InChI=1S/C21H21N5/c1-2-14(1)3-4-15-11-23-20-17(15)9-16(12-24-20)18-10-19-21(5-7-22-13-21)6-8-26(19)25-18/h9-12,14,22H,1-2,5-8,13H2,(H,23,24). The van der Waals surface area contributed by atoms with Crippen LogP contribution in [0.5, 0.6) is 0 Å². The molecule has 2 N–H and O–H groups in total. The van der Waals surface area contributed by atoms with Crippen molar-refractivity contribution < 1.29 is 0 Å². The fraction of sp³-hybridized carbons (Fsp3) is 0.429. The van der Waals surface area contributed by atoms with Gasteiger partial charge in [-0.1, -0.05) is 11.8 Å². The maximum absolute atomic E-state index is 4.89. The zero-order chi connectivity index (χ0) is 17.1. The van der Waals surface area contributed by atoms with E-state index in [1.165, 1.54) is 31.4 Å². The van der Waals surface area contributed by atoms with E-state index in [4.69, 9.17) is 5.10 Å². The Morgan fingerprint density at radius 2 is 2.19 bits per heavy atom. The van der Waals surface area contributed by atoms with Gasteiger partial charge in [-0.05, 0) is 44.4 Å². The Hall–Kier alpha value is -2.58. The van der Waals surface area contributed by atoms with E-state index in [0.717, 1.165) is 47.5 Å². The second-order valence-corrected chi connectivity index (χ2v) is 7.96. The second-order valence-electron chi connectivity index (χ2n) is 7.96. The van der Waals surface area contributed by atoms with Gasteiger partial charge in [0.25, 0.3) is 0 Å². The molecule has 3 aliphatic rings. The van der Waals surface area contributed by atoms with Gasteiger partial charge in [0.2, 0.25) is 0 Å². The first-order valence-electron chi connectivity index (χ1n) is 9.59. The molecule has 130 valence electrons. The Balaban J connectivity index is 1.41. The van der Waals surface area contributed by atoms with Gasteiger partial charge in [-0.25, -0.2) is 4.98 Å². The number of hydrogen-bond donors (Lipinski definition) is 2. The number of H-pyrrole nitrogens is 1. The van der Waals surface area contributed by atoms with Crippen molar-refractivity contribution in [2.45, 2.75) is 37.6 Å². The fourth-order valence-electron chi connectivity index (χ4n) is 4.43. The number of nitrogens with one attached hydrogen (secondary N) is 2. The highest BCUT2D eigenvalue weighted by atomic mass is 15.3. The largest absolute Gasteiger partial charge is 0.345 e. The number of fused-ring (bicyclic) bond motifs is 3. The van der Waals surface area contributed by atoms with E-state index >= 15 is 0 Å². The zero-order valence-electron chi connectivity index (χ0n) is 14.7. The Labute approximate surface area is 152 Å². The van der Waals surface area contributed by atoms with Gasteiger partial charge < -0.3 is 10.3 Å². The van der Waals surface area contributed by atoms with Crippen LogP contribution in [-0.2, 0) is 12.0 Å². The third kappa shape index (κ3) is 2.15. The Morgan fingerprint density at radius 1 is 1.23 bits per heavy atom. The number of aryl methyl sites for hydroxylation is 1. The summed E-state index contributed by atoms with van der Waals surface area (Å²) in [5, 5.41) is 9.51. The molecule has 1 saturated carbocycles. The van der Waals surface area contributed by atoms with Crippen molar-refractivity contribution in [3.8, 4) is 23.1 Å². The molecule has 1 saturated heterocycles. The summed E-state index contributed by atoms with van der Waals surface area (Å²) in [5.41, 5.74) is 5.73. The van der Waals surface area contributed by atoms with Crippen molar-refractivity contribution in [1.82, 2.24) is 25.1 Å². The normalized spacial score (nSPS) is 24.2. The van der Waals surface area contributed by atoms with E-state index in [-0.39, 0.29) is 5.41 Å². The first-order chi connectivity index (χ1) is 12.8. The lowest BCUT2D eigenvalue weighted by Crippen LogP contribution is -2.25. The number of rotatable bonds is 1. The van der Waals surface area contributed by atoms with Gasteiger partial charge in [-0.3, -0.25) is 4.68 Å². The molecule has 0 radical (unpaired) electrons. The van der Waals surface area contributed by atoms with Crippen molar-refractivity contribution in [2.75, 3.05) is 13.1 Å². The first kappa shape index (κ1) is 14.6. The molecule has 0 aromatic carbocycles. The maximum atomic E-state index is 4.89. The molecule has 0 amide bonds. The van der Waals surface area contributed by atoms with E-state index < -0.39 is 0 Å². The topological polar surface area (TPSA) is 58.5 Å². The predicted molar refractivity (Wildman–Crippen MR) is 101 cm³/mol. The number of hydrogen-bond acceptors (Lipinski definition) is 3. The van der Waals surface area contributed by atoms with E-state index in [9.17, 15) is 0 Å². The van der Waals surface area contributed by atoms with Gasteiger partial charge in [-0.15, -0.1) is 0 Å². The van der Waals surface area contributed by atoms with Crippen LogP contribution in [-0.4, -0.2) is 32.8 Å². The van der Waals surface area contributed by atoms with Gasteiger partial charge in [0.1, 0.15) is 5.65 Å². The van der Waals surface area contributed by atoms with Gasteiger partial charge in [0.05, 0.1) is 11.3 Å². The highest BCUT2D eigenvalue weighted by Crippen LogP contribution is 2.41. The molecule has 1 unspecified atom stereocenters. The molecule has 3 aromatic heterocycles. The van der Waals surface area contributed by atoms with Crippen molar-refractivity contribution in [3.05, 3.63) is 35.8 Å². The van der Waals surface area contributed by atoms with Gasteiger partial charge in [0, 0.05) is 53.5 Å². The van der Waals surface area contributed by atoms with Crippen LogP contribution in [0.4, 0.5) is 0 Å². The highest BCUT2D eigenvalue weighted by Gasteiger charge is 2.42. The molecule has 5 heteroatoms. The number of nitrogens with zero attached hydrogens (tertiary/aromatic N) is 3. The first-order valence-corrected chi connectivity index (χ1v) is 9.59. The zero-order valence-corrected chi connectivity index (χ0v) is 14.7. The van der Waals surface area contributed by atoms with Crippen LogP contribution in [0, 0.1) is 17.8 Å². The minimum absolute atomic E-state index is 0.289. The minimum Gasteiger partial charge on any atom is -0.345 e. The van der Waals surface area contributed by atoms with Gasteiger partial charge in [-0.2, -0.15) is 5.10 Å². The van der Waals surface area contributed by atoms with Crippen molar-refractivity contribution >= 4 is 11.0 Å². The molecule has 1 aliphatic carbocycles. The number of pyridine rings is 1. The lowest BCUT2D eigenvalue weighted by atomic mass is 9.82. The summed E-state index contributed by atoms with van der Waals surface area (Å²) in [6.45, 7) is 3.21. The SMILES string of the molecule is C(#CC1CC1)c1c[nH]c2ncc(-c3cc4n(n3)CCC43CCNC3)cc12. The Morgan fingerprint density at radius 3 is 3.04 bits per heavy atom. The summed E-state index contributed by atoms with van der Waals surface area (Å²) in [7, 11) is 0. The summed E-state index contributed by atoms with van der Waals surface area (Å²) in [5.74, 6) is 7.28. The lowest BCUT2D eigenvalue weighted by Gasteiger charge is -2.20. The molecule has 3 aromatic rings. The minimum atomic E-state index is 0.289. The molecule has 5 heterocycles. The lowest BCUT2D eigenvalue weighted by molar-refractivity contribution is 0.467. The van der Waals surface area contributed by atoms with Gasteiger partial charge >= 0.3 is 0 Å². The molecule has 2 fully saturated rings. The fourth-order valence-corrected chi connectivity index (χ4v) is 4.43. The molecular formula is C21H21N5. The van der Waals surface area contributed by atoms with Crippen LogP contribution in [0.3, 0.4) is 0 Å². The van der Waals surface area contributed by atoms with Crippen molar-refractivity contribution in [1.29, 1.82) is 0 Å². The second kappa shape index (κ2) is 5.21. The highest BCUT2D eigenvalue weighted by molar-refractivity contribution is 5.86. The van der Waals surface area contributed by atoms with Gasteiger partial charge in [0.15, 0.2) is 0 Å². The Kier molecular flexibility index (Phi) is 2.92. The summed E-state index contributed by atoms with van der Waals surface area (Å²) in [6, 6.07) is 4.47. The average Bonchev–Trinajstić information content (AvgIpc) is 3.06. The number of aromatic nitrogens is 4. The molecular weight excluding hydrogens is 322 g/mol. The Bertz CT molecular complexity index is 1070. The van der Waals surface area contributed by atoms with Crippen LogP contribution in [0.2, 0.25) is 0 Å². The molecule has 5 nitrogen and oxygen atoms in total. The van der Waals surface area contributed by atoms with Crippen molar-refractivity contribution in [2.24, 2.45) is 5.92 Å². The van der Waals surface area contributed by atoms with Crippen LogP contribution in [0.15, 0.2) is 24.5 Å². The summed E-state index contributed by atoms with van der Waals surface area (Å²) < 4.78 is 2.21. The van der Waals surface area contributed by atoms with Crippen LogP contribution in [0.25, 0.3) is 22.3 Å². The number of aromatic amines is 1. The van der Waals surface area contributed by atoms with E-state index in [1.54, 1.807) is 0 Å². The predicted octanol–water partition coefficient (Wildman–Crippen LogP) is 2.82. The molecule has 1 spiro atoms. The smallest absolute Gasteiger partial charge is 0.138 e. The average molecular weight is 343 g/mol. The monoisotopic (exact) mass is 343 g/mol. The molecule has 26 heavy (non-hydrogen) atoms. The summed E-state index contributed by atoms with van der Waals surface area (Å²) in [6.07, 6.45) is 8.82. The quantitative estimate of drug-likeness (QED) is 0.668. The summed E-state index contributed by atoms with van der Waals surface area (Å²) in [4.78, 5) is 7.85. The van der Waals surface area contributed by atoms with Crippen molar-refractivity contribution in [3.63, 3.8) is 0 Å².